The summed E-state index contributed by atoms with van der Waals surface area (Å²) in [5.74, 6) is 0.566. The number of rotatable bonds is 3. The molecule has 3 aromatic heterocycles. The van der Waals surface area contributed by atoms with E-state index in [-0.39, 0.29) is 40.4 Å². The van der Waals surface area contributed by atoms with Crippen molar-refractivity contribution in [1.29, 1.82) is 0 Å². The third kappa shape index (κ3) is 6.28. The standard InChI is InChI=1S/C25H24ClF3N4O2S2.C4H4N2O/c1-4-19(34)33-13(2)10-31(11-14(33)3)23-16-9-17(25(27,28)29)20(18-8-15(26)12-37-18)22-21(16)32(24(35)30-23)6-5-7-36-22;7-4-5-2-1-3-6-4/h4,8-9,12-14H,1,5-7,10-11H2,2-3H3;1-3H,(H,5,6,7)/t13-,14?;/m0./s1. The van der Waals surface area contributed by atoms with Crippen LogP contribution < -0.4 is 16.3 Å². The van der Waals surface area contributed by atoms with Gasteiger partial charge in [-0.25, -0.2) is 14.6 Å². The average molecular weight is 665 g/mol. The highest BCUT2D eigenvalue weighted by Crippen LogP contribution is 2.49. The predicted molar refractivity (Wildman–Crippen MR) is 168 cm³/mol. The van der Waals surface area contributed by atoms with E-state index in [1.807, 2.05) is 18.7 Å². The minimum absolute atomic E-state index is 0.0530. The molecule has 1 amide bonds. The van der Waals surface area contributed by atoms with Gasteiger partial charge >= 0.3 is 17.6 Å². The van der Waals surface area contributed by atoms with Crippen LogP contribution in [0.15, 0.2) is 63.1 Å². The van der Waals surface area contributed by atoms with Crippen LogP contribution in [0, 0.1) is 0 Å². The largest absolute Gasteiger partial charge is 0.417 e. The van der Waals surface area contributed by atoms with Gasteiger partial charge in [-0.05, 0) is 50.3 Å². The van der Waals surface area contributed by atoms with Crippen LogP contribution in [0.2, 0.25) is 5.02 Å². The quantitative estimate of drug-likeness (QED) is 0.281. The molecule has 0 spiro atoms. The normalized spacial score (nSPS) is 18.4. The van der Waals surface area contributed by atoms with Crippen LogP contribution in [0.5, 0.6) is 0 Å². The number of hydrogen-bond acceptors (Lipinski definition) is 8. The maximum absolute atomic E-state index is 14.6. The molecule has 0 aliphatic carbocycles. The van der Waals surface area contributed by atoms with Crippen molar-refractivity contribution in [2.24, 2.45) is 0 Å². The van der Waals surface area contributed by atoms with Crippen LogP contribution in [0.25, 0.3) is 21.3 Å². The minimum atomic E-state index is -4.64. The fraction of sp³-hybridized carbons (Fsp3) is 0.345. The Morgan fingerprint density at radius 2 is 1.93 bits per heavy atom. The van der Waals surface area contributed by atoms with Crippen molar-refractivity contribution >= 4 is 57.3 Å². The van der Waals surface area contributed by atoms with Crippen molar-refractivity contribution in [3.05, 3.63) is 80.2 Å². The third-order valence-electron chi connectivity index (χ3n) is 7.32. The molecule has 2 aliphatic rings. The van der Waals surface area contributed by atoms with E-state index < -0.39 is 17.4 Å². The second-order valence-electron chi connectivity index (χ2n) is 10.4. The number of benzene rings is 1. The van der Waals surface area contributed by atoms with Gasteiger partial charge in [-0.1, -0.05) is 18.2 Å². The lowest BCUT2D eigenvalue weighted by molar-refractivity contribution is -0.137. The Bertz CT molecular complexity index is 1810. The molecule has 1 N–H and O–H groups in total. The number of hydrogen-bond donors (Lipinski definition) is 1. The molecular weight excluding hydrogens is 637 g/mol. The number of alkyl halides is 3. The summed E-state index contributed by atoms with van der Waals surface area (Å²) in [6.07, 6.45) is 0.216. The van der Waals surface area contributed by atoms with Crippen LogP contribution in [0.4, 0.5) is 19.0 Å². The molecular formula is C29H28ClF3N6O3S2. The Hall–Kier alpha value is -3.62. The summed E-state index contributed by atoms with van der Waals surface area (Å²) in [5.41, 5.74) is -1.06. The molecule has 44 heavy (non-hydrogen) atoms. The molecule has 0 radical (unpaired) electrons. The third-order valence-corrected chi connectivity index (χ3v) is 9.79. The smallest absolute Gasteiger partial charge is 0.352 e. The first-order chi connectivity index (χ1) is 20.9. The summed E-state index contributed by atoms with van der Waals surface area (Å²) in [6, 6.07) is 3.80. The second kappa shape index (κ2) is 12.8. The van der Waals surface area contributed by atoms with E-state index in [0.29, 0.717) is 52.1 Å². The van der Waals surface area contributed by atoms with Gasteiger partial charge in [0.25, 0.3) is 0 Å². The van der Waals surface area contributed by atoms with Crippen molar-refractivity contribution in [3.8, 4) is 10.4 Å². The van der Waals surface area contributed by atoms with E-state index in [4.69, 9.17) is 11.6 Å². The molecule has 4 aromatic rings. The summed E-state index contributed by atoms with van der Waals surface area (Å²) >= 11 is 8.58. The van der Waals surface area contributed by atoms with E-state index in [1.54, 1.807) is 16.3 Å². The van der Waals surface area contributed by atoms with E-state index in [0.717, 1.165) is 17.4 Å². The van der Waals surface area contributed by atoms with Crippen molar-refractivity contribution in [2.75, 3.05) is 23.7 Å². The van der Waals surface area contributed by atoms with Gasteiger partial charge in [0, 0.05) is 70.2 Å². The molecule has 1 fully saturated rings. The molecule has 1 aromatic carbocycles. The van der Waals surface area contributed by atoms with E-state index in [9.17, 15) is 27.6 Å². The summed E-state index contributed by atoms with van der Waals surface area (Å²) in [7, 11) is 0. The Kier molecular flexibility index (Phi) is 9.23. The van der Waals surface area contributed by atoms with Gasteiger partial charge in [0.05, 0.1) is 16.1 Å². The molecule has 5 heterocycles. The molecule has 9 nitrogen and oxygen atoms in total. The lowest BCUT2D eigenvalue weighted by Gasteiger charge is -2.44. The first kappa shape index (κ1) is 31.8. The lowest BCUT2D eigenvalue weighted by atomic mass is 10.0. The first-order valence-electron chi connectivity index (χ1n) is 13.7. The molecule has 2 atom stereocenters. The number of aromatic nitrogens is 4. The van der Waals surface area contributed by atoms with E-state index >= 15 is 0 Å². The number of nitrogens with zero attached hydrogens (tertiary/aromatic N) is 5. The van der Waals surface area contributed by atoms with Crippen molar-refractivity contribution in [3.63, 3.8) is 0 Å². The van der Waals surface area contributed by atoms with Gasteiger partial charge in [-0.15, -0.1) is 23.1 Å². The number of thioether (sulfide) groups is 1. The number of piperazine rings is 1. The van der Waals surface area contributed by atoms with Gasteiger partial charge < -0.3 is 14.8 Å². The van der Waals surface area contributed by atoms with Gasteiger partial charge in [-0.2, -0.15) is 18.2 Å². The van der Waals surface area contributed by atoms with Gasteiger partial charge in [0.1, 0.15) is 5.82 Å². The number of carbonyl (C=O) groups is 1. The van der Waals surface area contributed by atoms with Gasteiger partial charge in [0.15, 0.2) is 0 Å². The number of thiophene rings is 1. The predicted octanol–water partition coefficient (Wildman–Crippen LogP) is 5.67. The number of aromatic amines is 1. The maximum atomic E-state index is 14.6. The van der Waals surface area contributed by atoms with Crippen molar-refractivity contribution in [1.82, 2.24) is 24.4 Å². The highest BCUT2D eigenvalue weighted by molar-refractivity contribution is 7.99. The number of amides is 1. The fourth-order valence-electron chi connectivity index (χ4n) is 5.64. The highest BCUT2D eigenvalue weighted by atomic mass is 35.5. The number of H-pyrrole nitrogens is 1. The van der Waals surface area contributed by atoms with Gasteiger partial charge in [-0.3, -0.25) is 9.36 Å². The summed E-state index contributed by atoms with van der Waals surface area (Å²) in [4.78, 5) is 50.2. The lowest BCUT2D eigenvalue weighted by Crippen LogP contribution is -2.58. The topological polar surface area (TPSA) is 104 Å². The molecule has 0 saturated carbocycles. The monoisotopic (exact) mass is 664 g/mol. The van der Waals surface area contributed by atoms with E-state index in [1.165, 1.54) is 40.9 Å². The Morgan fingerprint density at radius 1 is 1.20 bits per heavy atom. The molecule has 0 bridgehead atoms. The Morgan fingerprint density at radius 3 is 2.48 bits per heavy atom. The Balaban J connectivity index is 0.000000484. The Labute approximate surface area is 263 Å². The van der Waals surface area contributed by atoms with Crippen molar-refractivity contribution < 1.29 is 18.0 Å². The molecule has 2 aliphatic heterocycles. The van der Waals surface area contributed by atoms with Crippen LogP contribution in [-0.2, 0) is 17.5 Å². The molecule has 232 valence electrons. The zero-order valence-corrected chi connectivity index (χ0v) is 26.1. The van der Waals surface area contributed by atoms with E-state index in [2.05, 4.69) is 21.5 Å². The molecule has 1 saturated heterocycles. The number of aryl methyl sites for hydroxylation is 1. The zero-order chi connectivity index (χ0) is 31.8. The number of carbonyl (C=O) groups excluding carboxylic acids is 1. The number of nitrogens with one attached hydrogen (secondary N) is 1. The number of anilines is 1. The summed E-state index contributed by atoms with van der Waals surface area (Å²) < 4.78 is 45.2. The minimum Gasteiger partial charge on any atom is -0.352 e. The maximum Gasteiger partial charge on any atom is 0.417 e. The highest BCUT2D eigenvalue weighted by Gasteiger charge is 2.39. The SMILES string of the molecule is C=CC(=O)N1C(C)CN(c2nc(=O)n3c4c(c(-c5cc(Cl)cs5)c(C(F)(F)F)cc24)SCCC3)C[C@@H]1C.O=c1nccc[nH]1. The average Bonchev–Trinajstić information content (AvgIpc) is 3.27. The number of halogens is 4. The molecule has 6 rings (SSSR count). The second-order valence-corrected chi connectivity index (χ2v) is 12.8. The summed E-state index contributed by atoms with van der Waals surface area (Å²) in [6.45, 7) is 8.31. The van der Waals surface area contributed by atoms with Gasteiger partial charge in [0.2, 0.25) is 5.91 Å². The van der Waals surface area contributed by atoms with Crippen LogP contribution in [-0.4, -0.2) is 61.3 Å². The van der Waals surface area contributed by atoms with Crippen molar-refractivity contribution in [2.45, 2.75) is 50.0 Å². The van der Waals surface area contributed by atoms with Crippen LogP contribution in [0.1, 0.15) is 25.8 Å². The zero-order valence-electron chi connectivity index (χ0n) is 23.7. The summed E-state index contributed by atoms with van der Waals surface area (Å²) in [5, 5.41) is 2.25. The van der Waals surface area contributed by atoms with Crippen LogP contribution in [0.3, 0.4) is 0 Å². The van der Waals surface area contributed by atoms with Crippen LogP contribution >= 0.6 is 34.7 Å². The molecule has 1 unspecified atom stereocenters. The first-order valence-corrected chi connectivity index (χ1v) is 15.9. The fourth-order valence-corrected chi connectivity index (χ4v) is 8.04. The molecule has 15 heteroatoms.